The van der Waals surface area contributed by atoms with E-state index < -0.39 is 0 Å². The average Bonchev–Trinajstić information content (AvgIpc) is 2.78. The summed E-state index contributed by atoms with van der Waals surface area (Å²) in [5, 5.41) is 0. The van der Waals surface area contributed by atoms with Crippen LogP contribution in [0.25, 0.3) is 11.4 Å². The van der Waals surface area contributed by atoms with Crippen LogP contribution >= 0.6 is 0 Å². The third-order valence-corrected chi connectivity index (χ3v) is 6.24. The maximum atomic E-state index is 13.2. The minimum atomic E-state index is 0.127. The van der Waals surface area contributed by atoms with Crippen LogP contribution in [-0.2, 0) is 17.8 Å². The van der Waals surface area contributed by atoms with Crippen molar-refractivity contribution in [1.82, 2.24) is 14.9 Å². The fourth-order valence-electron chi connectivity index (χ4n) is 4.05. The largest absolute Gasteiger partial charge is 0.357 e. The van der Waals surface area contributed by atoms with Gasteiger partial charge >= 0.3 is 0 Å². The van der Waals surface area contributed by atoms with E-state index in [1.807, 2.05) is 23.1 Å². The van der Waals surface area contributed by atoms with Gasteiger partial charge < -0.3 is 9.80 Å². The summed E-state index contributed by atoms with van der Waals surface area (Å²) < 4.78 is 0. The summed E-state index contributed by atoms with van der Waals surface area (Å²) in [7, 11) is 2.08. The van der Waals surface area contributed by atoms with Crippen molar-refractivity contribution in [2.45, 2.75) is 72.4 Å². The van der Waals surface area contributed by atoms with Crippen LogP contribution in [0, 0.1) is 5.92 Å². The van der Waals surface area contributed by atoms with Gasteiger partial charge in [-0.2, -0.15) is 0 Å². The quantitative estimate of drug-likeness (QED) is 0.610. The highest BCUT2D eigenvalue weighted by molar-refractivity contribution is 5.79. The van der Waals surface area contributed by atoms with E-state index in [-0.39, 0.29) is 5.92 Å². The van der Waals surface area contributed by atoms with Gasteiger partial charge in [0.05, 0.1) is 12.2 Å². The molecule has 0 spiro atoms. The number of amides is 1. The number of benzene rings is 1. The molecular formula is C25H36N4O. The molecule has 1 unspecified atom stereocenters. The summed E-state index contributed by atoms with van der Waals surface area (Å²) in [4.78, 5) is 27.3. The van der Waals surface area contributed by atoms with Gasteiger partial charge in [-0.05, 0) is 26.7 Å². The van der Waals surface area contributed by atoms with E-state index in [4.69, 9.17) is 9.97 Å². The molecule has 162 valence electrons. The van der Waals surface area contributed by atoms with Gasteiger partial charge in [-0.1, -0.05) is 57.0 Å². The highest BCUT2D eigenvalue weighted by atomic mass is 16.2. The Bertz CT molecular complexity index is 850. The van der Waals surface area contributed by atoms with E-state index in [9.17, 15) is 4.79 Å². The number of rotatable bonds is 8. The molecule has 0 bridgehead atoms. The molecule has 0 aliphatic carbocycles. The van der Waals surface area contributed by atoms with Gasteiger partial charge in [-0.25, -0.2) is 9.97 Å². The molecule has 2 aromatic rings. The molecule has 1 aliphatic heterocycles. The van der Waals surface area contributed by atoms with Crippen molar-refractivity contribution < 1.29 is 4.79 Å². The summed E-state index contributed by atoms with van der Waals surface area (Å²) in [6.45, 7) is 10.00. The van der Waals surface area contributed by atoms with Gasteiger partial charge in [-0.3, -0.25) is 4.79 Å². The van der Waals surface area contributed by atoms with E-state index in [1.165, 1.54) is 0 Å². The Balaban J connectivity index is 1.95. The summed E-state index contributed by atoms with van der Waals surface area (Å²) in [6, 6.07) is 10.5. The highest BCUT2D eigenvalue weighted by Crippen LogP contribution is 2.31. The van der Waals surface area contributed by atoms with Gasteiger partial charge in [0.2, 0.25) is 5.91 Å². The number of fused-ring (bicyclic) bond motifs is 1. The van der Waals surface area contributed by atoms with E-state index in [0.29, 0.717) is 18.5 Å². The van der Waals surface area contributed by atoms with Gasteiger partial charge in [0, 0.05) is 43.1 Å². The first-order valence-corrected chi connectivity index (χ1v) is 11.4. The second-order valence-electron chi connectivity index (χ2n) is 8.62. The van der Waals surface area contributed by atoms with Crippen molar-refractivity contribution in [1.29, 1.82) is 0 Å². The lowest BCUT2D eigenvalue weighted by atomic mass is 9.96. The van der Waals surface area contributed by atoms with Crippen LogP contribution in [0.1, 0.15) is 64.6 Å². The number of nitrogens with zero attached hydrogens (tertiary/aromatic N) is 4. The normalized spacial score (nSPS) is 14.5. The fraction of sp³-hybridized carbons (Fsp3) is 0.560. The Kier molecular flexibility index (Phi) is 7.46. The molecular weight excluding hydrogens is 372 g/mol. The molecule has 0 saturated carbocycles. The highest BCUT2D eigenvalue weighted by Gasteiger charge is 2.30. The summed E-state index contributed by atoms with van der Waals surface area (Å²) >= 11 is 0. The minimum absolute atomic E-state index is 0.127. The van der Waals surface area contributed by atoms with Crippen molar-refractivity contribution in [3.8, 4) is 11.4 Å². The van der Waals surface area contributed by atoms with Crippen molar-refractivity contribution in [3.63, 3.8) is 0 Å². The standard InChI is InChI=1S/C25H36N4O/c1-6-8-12-19(7-2)25(30)29-16-15-22-21(17-29)24(28(5)18(3)4)27-23(26-22)20-13-10-9-11-14-20/h9-11,13-14,18-19H,6-8,12,15-17H2,1-5H3. The van der Waals surface area contributed by atoms with Crippen molar-refractivity contribution in [2.24, 2.45) is 5.92 Å². The number of unbranched alkanes of at least 4 members (excludes halogenated alkanes) is 1. The van der Waals surface area contributed by atoms with Gasteiger partial charge in [0.1, 0.15) is 5.82 Å². The van der Waals surface area contributed by atoms with Crippen LogP contribution in [0.15, 0.2) is 30.3 Å². The minimum Gasteiger partial charge on any atom is -0.357 e. The van der Waals surface area contributed by atoms with Crippen LogP contribution in [0.2, 0.25) is 0 Å². The maximum absolute atomic E-state index is 13.2. The van der Waals surface area contributed by atoms with E-state index >= 15 is 0 Å². The molecule has 0 saturated heterocycles. The second kappa shape index (κ2) is 10.1. The Labute approximate surface area is 181 Å². The van der Waals surface area contributed by atoms with E-state index in [0.717, 1.165) is 67.1 Å². The van der Waals surface area contributed by atoms with Crippen LogP contribution in [0.4, 0.5) is 5.82 Å². The van der Waals surface area contributed by atoms with Crippen LogP contribution in [0.3, 0.4) is 0 Å². The van der Waals surface area contributed by atoms with Crippen molar-refractivity contribution in [3.05, 3.63) is 41.6 Å². The predicted molar refractivity (Wildman–Crippen MR) is 123 cm³/mol. The topological polar surface area (TPSA) is 49.3 Å². The van der Waals surface area contributed by atoms with E-state index in [2.05, 4.69) is 51.8 Å². The zero-order chi connectivity index (χ0) is 21.7. The molecule has 1 amide bonds. The number of carbonyl (C=O) groups is 1. The summed E-state index contributed by atoms with van der Waals surface area (Å²) in [5.41, 5.74) is 3.22. The van der Waals surface area contributed by atoms with Crippen LogP contribution in [0.5, 0.6) is 0 Å². The molecule has 0 N–H and O–H groups in total. The number of hydrogen-bond acceptors (Lipinski definition) is 4. The zero-order valence-corrected chi connectivity index (χ0v) is 19.2. The van der Waals surface area contributed by atoms with Crippen LogP contribution in [-0.4, -0.2) is 40.4 Å². The first kappa shape index (κ1) is 22.3. The molecule has 2 heterocycles. The first-order valence-electron chi connectivity index (χ1n) is 11.4. The third-order valence-electron chi connectivity index (χ3n) is 6.24. The maximum Gasteiger partial charge on any atom is 0.225 e. The lowest BCUT2D eigenvalue weighted by Gasteiger charge is -2.34. The predicted octanol–water partition coefficient (Wildman–Crippen LogP) is 5.09. The number of aromatic nitrogens is 2. The molecule has 30 heavy (non-hydrogen) atoms. The Morgan fingerprint density at radius 1 is 1.17 bits per heavy atom. The second-order valence-corrected chi connectivity index (χ2v) is 8.62. The van der Waals surface area contributed by atoms with E-state index in [1.54, 1.807) is 0 Å². The SMILES string of the molecule is CCCCC(CC)C(=O)N1CCc2nc(-c3ccccc3)nc(N(C)C(C)C)c2C1. The molecule has 5 heteroatoms. The first-order chi connectivity index (χ1) is 14.5. The third kappa shape index (κ3) is 4.82. The van der Waals surface area contributed by atoms with Crippen molar-refractivity contribution >= 4 is 11.7 Å². The lowest BCUT2D eigenvalue weighted by molar-refractivity contribution is -0.136. The average molecular weight is 409 g/mol. The molecule has 1 aromatic heterocycles. The monoisotopic (exact) mass is 408 g/mol. The molecule has 1 atom stereocenters. The summed E-state index contributed by atoms with van der Waals surface area (Å²) in [5.74, 6) is 2.14. The van der Waals surface area contributed by atoms with Gasteiger partial charge in [0.25, 0.3) is 0 Å². The zero-order valence-electron chi connectivity index (χ0n) is 19.2. The summed E-state index contributed by atoms with van der Waals surface area (Å²) in [6.07, 6.45) is 4.92. The Hall–Kier alpha value is -2.43. The molecule has 1 aromatic carbocycles. The van der Waals surface area contributed by atoms with Crippen molar-refractivity contribution in [2.75, 3.05) is 18.5 Å². The molecule has 0 radical (unpaired) electrons. The molecule has 5 nitrogen and oxygen atoms in total. The Morgan fingerprint density at radius 3 is 2.53 bits per heavy atom. The Morgan fingerprint density at radius 2 is 1.90 bits per heavy atom. The molecule has 0 fully saturated rings. The van der Waals surface area contributed by atoms with Gasteiger partial charge in [0.15, 0.2) is 5.82 Å². The molecule has 1 aliphatic rings. The smallest absolute Gasteiger partial charge is 0.225 e. The number of anilines is 1. The fourth-order valence-corrected chi connectivity index (χ4v) is 4.05. The van der Waals surface area contributed by atoms with Crippen LogP contribution < -0.4 is 4.90 Å². The molecule has 3 rings (SSSR count). The lowest BCUT2D eigenvalue weighted by Crippen LogP contribution is -2.41. The van der Waals surface area contributed by atoms with Gasteiger partial charge in [-0.15, -0.1) is 0 Å². The number of carbonyl (C=O) groups excluding carboxylic acids is 1. The number of hydrogen-bond donors (Lipinski definition) is 0.